The fourth-order valence-corrected chi connectivity index (χ4v) is 4.06. The Labute approximate surface area is 128 Å². The van der Waals surface area contributed by atoms with E-state index in [1.807, 2.05) is 7.05 Å². The van der Waals surface area contributed by atoms with Gasteiger partial charge in [-0.1, -0.05) is 20.3 Å². The third kappa shape index (κ3) is 2.85. The molecule has 4 nitrogen and oxygen atoms in total. The first-order valence-electron chi connectivity index (χ1n) is 8.38. The van der Waals surface area contributed by atoms with Gasteiger partial charge in [0.15, 0.2) is 0 Å². The maximum Gasteiger partial charge on any atom is 0.135 e. The Kier molecular flexibility index (Phi) is 4.05. The van der Waals surface area contributed by atoms with Gasteiger partial charge in [0, 0.05) is 25.1 Å². The molecular formula is C17H28N4. The number of anilines is 2. The second-order valence-corrected chi connectivity index (χ2v) is 7.12. The van der Waals surface area contributed by atoms with Crippen LogP contribution in [0.2, 0.25) is 0 Å². The molecule has 3 atom stereocenters. The van der Waals surface area contributed by atoms with E-state index in [0.717, 1.165) is 47.3 Å². The van der Waals surface area contributed by atoms with Crippen molar-refractivity contribution in [2.45, 2.75) is 52.4 Å². The highest BCUT2D eigenvalue weighted by atomic mass is 15.1. The van der Waals surface area contributed by atoms with Gasteiger partial charge in [-0.2, -0.15) is 0 Å². The zero-order valence-corrected chi connectivity index (χ0v) is 13.7. The third-order valence-corrected chi connectivity index (χ3v) is 5.33. The molecular weight excluding hydrogens is 260 g/mol. The van der Waals surface area contributed by atoms with E-state index in [9.17, 15) is 0 Å². The molecule has 0 spiro atoms. The predicted octanol–water partition coefficient (Wildman–Crippen LogP) is 3.80. The summed E-state index contributed by atoms with van der Waals surface area (Å²) in [5, 5.41) is 6.81. The van der Waals surface area contributed by atoms with E-state index in [0.29, 0.717) is 5.92 Å². The molecule has 0 saturated heterocycles. The molecule has 4 heteroatoms. The van der Waals surface area contributed by atoms with Crippen LogP contribution in [-0.2, 0) is 0 Å². The highest BCUT2D eigenvalue weighted by molar-refractivity contribution is 5.57. The molecule has 3 unspecified atom stereocenters. The Morgan fingerprint density at radius 1 is 1.14 bits per heavy atom. The fourth-order valence-electron chi connectivity index (χ4n) is 4.06. The van der Waals surface area contributed by atoms with Gasteiger partial charge in [0.2, 0.25) is 0 Å². The molecule has 1 heterocycles. The second-order valence-electron chi connectivity index (χ2n) is 7.12. The maximum atomic E-state index is 4.74. The lowest BCUT2D eigenvalue weighted by Gasteiger charge is -2.23. The molecule has 2 bridgehead atoms. The van der Waals surface area contributed by atoms with Crippen LogP contribution in [0.3, 0.4) is 0 Å². The van der Waals surface area contributed by atoms with Gasteiger partial charge in [0.25, 0.3) is 0 Å². The maximum absolute atomic E-state index is 4.74. The minimum Gasteiger partial charge on any atom is -0.373 e. The van der Waals surface area contributed by atoms with Crippen LogP contribution in [0.15, 0.2) is 0 Å². The molecule has 21 heavy (non-hydrogen) atoms. The molecule has 1 aromatic heterocycles. The van der Waals surface area contributed by atoms with Gasteiger partial charge < -0.3 is 10.6 Å². The number of hydrogen-bond donors (Lipinski definition) is 2. The van der Waals surface area contributed by atoms with Crippen molar-refractivity contribution in [3.63, 3.8) is 0 Å². The molecule has 0 radical (unpaired) electrons. The molecule has 0 aromatic carbocycles. The standard InChI is InChI=1S/C17H28N4/c1-10(2)15-20-16(18-4)11(3)17(21-15)19-9-14-8-12-5-6-13(14)7-12/h10,12-14H,5-9H2,1-4H3,(H2,18,19,20,21). The first-order chi connectivity index (χ1) is 10.1. The lowest BCUT2D eigenvalue weighted by atomic mass is 9.89. The average Bonchev–Trinajstić information content (AvgIpc) is 3.08. The van der Waals surface area contributed by atoms with E-state index in [1.54, 1.807) is 0 Å². The number of nitrogens with one attached hydrogen (secondary N) is 2. The van der Waals surface area contributed by atoms with Gasteiger partial charge >= 0.3 is 0 Å². The summed E-state index contributed by atoms with van der Waals surface area (Å²) in [5.74, 6) is 6.04. The summed E-state index contributed by atoms with van der Waals surface area (Å²) in [4.78, 5) is 9.35. The molecule has 116 valence electrons. The summed E-state index contributed by atoms with van der Waals surface area (Å²) >= 11 is 0. The molecule has 3 rings (SSSR count). The largest absolute Gasteiger partial charge is 0.373 e. The third-order valence-electron chi connectivity index (χ3n) is 5.33. The molecule has 2 N–H and O–H groups in total. The van der Waals surface area contributed by atoms with E-state index in [2.05, 4.69) is 36.4 Å². The summed E-state index contributed by atoms with van der Waals surface area (Å²) < 4.78 is 0. The zero-order chi connectivity index (χ0) is 15.0. The van der Waals surface area contributed by atoms with Crippen LogP contribution in [0, 0.1) is 24.7 Å². The summed E-state index contributed by atoms with van der Waals surface area (Å²) in [7, 11) is 1.93. The normalized spacial score (nSPS) is 27.4. The number of fused-ring (bicyclic) bond motifs is 2. The highest BCUT2D eigenvalue weighted by Crippen LogP contribution is 2.48. The fraction of sp³-hybridized carbons (Fsp3) is 0.765. The lowest BCUT2D eigenvalue weighted by molar-refractivity contribution is 0.348. The van der Waals surface area contributed by atoms with Crippen LogP contribution in [0.5, 0.6) is 0 Å². The zero-order valence-electron chi connectivity index (χ0n) is 13.7. The minimum atomic E-state index is 0.348. The van der Waals surface area contributed by atoms with Crippen molar-refractivity contribution in [1.29, 1.82) is 0 Å². The summed E-state index contributed by atoms with van der Waals surface area (Å²) in [6.07, 6.45) is 5.79. The van der Waals surface area contributed by atoms with Crippen molar-refractivity contribution >= 4 is 11.6 Å². The summed E-state index contributed by atoms with van der Waals surface area (Å²) in [6, 6.07) is 0. The van der Waals surface area contributed by atoms with E-state index in [1.165, 1.54) is 25.7 Å². The van der Waals surface area contributed by atoms with E-state index < -0.39 is 0 Å². The van der Waals surface area contributed by atoms with Crippen LogP contribution >= 0.6 is 0 Å². The van der Waals surface area contributed by atoms with Crippen molar-refractivity contribution in [3.8, 4) is 0 Å². The predicted molar refractivity (Wildman–Crippen MR) is 87.8 cm³/mol. The Morgan fingerprint density at radius 3 is 2.48 bits per heavy atom. The highest BCUT2D eigenvalue weighted by Gasteiger charge is 2.39. The van der Waals surface area contributed by atoms with Crippen molar-refractivity contribution < 1.29 is 0 Å². The van der Waals surface area contributed by atoms with Gasteiger partial charge in [-0.15, -0.1) is 0 Å². The van der Waals surface area contributed by atoms with E-state index in [4.69, 9.17) is 4.98 Å². The average molecular weight is 288 g/mol. The van der Waals surface area contributed by atoms with Crippen molar-refractivity contribution in [2.24, 2.45) is 17.8 Å². The smallest absolute Gasteiger partial charge is 0.135 e. The first kappa shape index (κ1) is 14.6. The Morgan fingerprint density at radius 2 is 1.90 bits per heavy atom. The molecule has 2 saturated carbocycles. The molecule has 2 aliphatic carbocycles. The van der Waals surface area contributed by atoms with Crippen LogP contribution in [0.1, 0.15) is 56.8 Å². The minimum absolute atomic E-state index is 0.348. The van der Waals surface area contributed by atoms with E-state index >= 15 is 0 Å². The number of hydrogen-bond acceptors (Lipinski definition) is 4. The van der Waals surface area contributed by atoms with Gasteiger partial charge in [-0.3, -0.25) is 0 Å². The molecule has 2 fully saturated rings. The van der Waals surface area contributed by atoms with Crippen LogP contribution < -0.4 is 10.6 Å². The monoisotopic (exact) mass is 288 g/mol. The van der Waals surface area contributed by atoms with Gasteiger partial charge in [0.05, 0.1) is 0 Å². The lowest BCUT2D eigenvalue weighted by Crippen LogP contribution is -2.21. The number of rotatable bonds is 5. The Balaban J connectivity index is 1.73. The van der Waals surface area contributed by atoms with Crippen molar-refractivity contribution in [3.05, 3.63) is 11.4 Å². The molecule has 0 amide bonds. The van der Waals surface area contributed by atoms with Gasteiger partial charge in [-0.05, 0) is 43.9 Å². The van der Waals surface area contributed by atoms with Crippen LogP contribution in [-0.4, -0.2) is 23.6 Å². The molecule has 0 aliphatic heterocycles. The van der Waals surface area contributed by atoms with E-state index in [-0.39, 0.29) is 0 Å². The van der Waals surface area contributed by atoms with Crippen LogP contribution in [0.4, 0.5) is 11.6 Å². The Hall–Kier alpha value is -1.32. The number of aromatic nitrogens is 2. The SMILES string of the molecule is CNc1nc(C(C)C)nc(NCC2CC3CCC2C3)c1C. The quantitative estimate of drug-likeness (QED) is 0.865. The summed E-state index contributed by atoms with van der Waals surface area (Å²) in [5.41, 5.74) is 1.13. The van der Waals surface area contributed by atoms with Crippen molar-refractivity contribution in [2.75, 3.05) is 24.2 Å². The summed E-state index contributed by atoms with van der Waals surface area (Å²) in [6.45, 7) is 7.45. The topological polar surface area (TPSA) is 49.8 Å². The molecule has 2 aliphatic rings. The van der Waals surface area contributed by atoms with Gasteiger partial charge in [0.1, 0.15) is 17.5 Å². The van der Waals surface area contributed by atoms with Crippen LogP contribution in [0.25, 0.3) is 0 Å². The second kappa shape index (κ2) is 5.82. The first-order valence-corrected chi connectivity index (χ1v) is 8.38. The Bertz CT molecular complexity index is 512. The number of nitrogens with zero attached hydrogens (tertiary/aromatic N) is 2. The van der Waals surface area contributed by atoms with Gasteiger partial charge in [-0.25, -0.2) is 9.97 Å². The van der Waals surface area contributed by atoms with Crippen molar-refractivity contribution in [1.82, 2.24) is 9.97 Å². The molecule has 1 aromatic rings.